The Morgan fingerprint density at radius 1 is 1.57 bits per heavy atom. The number of rotatable bonds is 1. The van der Waals surface area contributed by atoms with E-state index in [2.05, 4.69) is 12.2 Å². The first-order valence-electron chi connectivity index (χ1n) is 1.79. The van der Waals surface area contributed by atoms with Crippen molar-refractivity contribution in [3.8, 4) is 0 Å². The summed E-state index contributed by atoms with van der Waals surface area (Å²) in [5.74, 6) is 0. The fourth-order valence-corrected chi connectivity index (χ4v) is 0. The van der Waals surface area contributed by atoms with Crippen molar-refractivity contribution in [2.45, 2.75) is 0 Å². The highest BCUT2D eigenvalue weighted by molar-refractivity contribution is 8.27. The standard InChI is InChI=1S/C3H8NPS2/c1-5(2,7)3(4)6/h1-2H3,(H2,4,6). The Kier molecular flexibility index (Phi) is 2.38. The van der Waals surface area contributed by atoms with E-state index < -0.39 is 6.04 Å². The zero-order valence-electron chi connectivity index (χ0n) is 4.34. The molecule has 0 aliphatic heterocycles. The van der Waals surface area contributed by atoms with Gasteiger partial charge < -0.3 is 5.73 Å². The monoisotopic (exact) mass is 153 g/mol. The van der Waals surface area contributed by atoms with Crippen LogP contribution in [0, 0.1) is 0 Å². The molecule has 0 saturated carbocycles. The van der Waals surface area contributed by atoms with E-state index in [0.717, 1.165) is 0 Å². The fraction of sp³-hybridized carbons (Fsp3) is 0.667. The SMILES string of the molecule is CP(C)(=S)C(N)=S. The lowest BCUT2D eigenvalue weighted by atomic mass is 11.5. The summed E-state index contributed by atoms with van der Waals surface area (Å²) in [4.78, 5) is 0. The predicted octanol–water partition coefficient (Wildman–Crippen LogP) is 0.969. The summed E-state index contributed by atoms with van der Waals surface area (Å²) in [6.45, 7) is 3.84. The molecule has 0 aromatic carbocycles. The lowest BCUT2D eigenvalue weighted by Gasteiger charge is -2.03. The molecule has 0 bridgehead atoms. The van der Waals surface area contributed by atoms with E-state index in [-0.39, 0.29) is 0 Å². The minimum Gasteiger partial charge on any atom is -0.389 e. The van der Waals surface area contributed by atoms with Crippen molar-refractivity contribution < 1.29 is 0 Å². The summed E-state index contributed by atoms with van der Waals surface area (Å²) < 4.78 is 0.502. The van der Waals surface area contributed by atoms with Crippen molar-refractivity contribution in [2.75, 3.05) is 13.3 Å². The molecule has 0 saturated heterocycles. The summed E-state index contributed by atoms with van der Waals surface area (Å²) in [5, 5.41) is 0. The van der Waals surface area contributed by atoms with Crippen molar-refractivity contribution in [1.29, 1.82) is 0 Å². The van der Waals surface area contributed by atoms with Gasteiger partial charge >= 0.3 is 0 Å². The molecule has 42 valence electrons. The average molecular weight is 153 g/mol. The Morgan fingerprint density at radius 3 is 1.71 bits per heavy atom. The Labute approximate surface area is 54.3 Å². The van der Waals surface area contributed by atoms with E-state index in [0.29, 0.717) is 4.73 Å². The molecule has 0 heterocycles. The highest BCUT2D eigenvalue weighted by Crippen LogP contribution is 2.35. The normalized spacial score (nSPS) is 11.1. The van der Waals surface area contributed by atoms with Crippen LogP contribution >= 0.6 is 18.3 Å². The van der Waals surface area contributed by atoms with E-state index >= 15 is 0 Å². The average Bonchev–Trinajstić information content (AvgIpc) is 1.31. The van der Waals surface area contributed by atoms with Gasteiger partial charge in [0.1, 0.15) is 4.73 Å². The maximum absolute atomic E-state index is 5.25. The molecule has 1 nitrogen and oxygen atoms in total. The van der Waals surface area contributed by atoms with Crippen LogP contribution in [0.25, 0.3) is 0 Å². The van der Waals surface area contributed by atoms with Crippen LogP contribution in [-0.4, -0.2) is 18.1 Å². The van der Waals surface area contributed by atoms with Crippen LogP contribution in [0.15, 0.2) is 0 Å². The lowest BCUT2D eigenvalue weighted by molar-refractivity contribution is 1.89. The van der Waals surface area contributed by atoms with Gasteiger partial charge in [-0.3, -0.25) is 0 Å². The van der Waals surface area contributed by atoms with Gasteiger partial charge in [0, 0.05) is 6.04 Å². The van der Waals surface area contributed by atoms with Crippen LogP contribution in [0.3, 0.4) is 0 Å². The third-order valence-electron chi connectivity index (χ3n) is 0.531. The molecule has 7 heavy (non-hydrogen) atoms. The van der Waals surface area contributed by atoms with Gasteiger partial charge in [0.2, 0.25) is 0 Å². The van der Waals surface area contributed by atoms with Gasteiger partial charge in [0.15, 0.2) is 0 Å². The highest BCUT2D eigenvalue weighted by Gasteiger charge is 2.02. The van der Waals surface area contributed by atoms with E-state index in [1.807, 2.05) is 13.3 Å². The predicted molar refractivity (Wildman–Crippen MR) is 42.9 cm³/mol. The molecule has 0 spiro atoms. The topological polar surface area (TPSA) is 26.0 Å². The van der Waals surface area contributed by atoms with Gasteiger partial charge in [-0.1, -0.05) is 24.0 Å². The number of hydrogen-bond donors (Lipinski definition) is 1. The Morgan fingerprint density at radius 2 is 1.71 bits per heavy atom. The van der Waals surface area contributed by atoms with E-state index in [4.69, 9.17) is 17.5 Å². The lowest BCUT2D eigenvalue weighted by Crippen LogP contribution is -2.05. The molecule has 0 aliphatic carbocycles. The van der Waals surface area contributed by atoms with Crippen LogP contribution in [0.2, 0.25) is 0 Å². The summed E-state index contributed by atoms with van der Waals surface area (Å²) in [7, 11) is 0. The van der Waals surface area contributed by atoms with Gasteiger partial charge in [0.05, 0.1) is 0 Å². The highest BCUT2D eigenvalue weighted by atomic mass is 32.4. The zero-order valence-corrected chi connectivity index (χ0v) is 6.87. The molecule has 0 amide bonds. The second kappa shape index (κ2) is 2.21. The number of nitrogens with two attached hydrogens (primary N) is 1. The van der Waals surface area contributed by atoms with Crippen LogP contribution in [-0.2, 0) is 11.8 Å². The van der Waals surface area contributed by atoms with Crippen LogP contribution in [0.1, 0.15) is 0 Å². The van der Waals surface area contributed by atoms with Crippen LogP contribution in [0.4, 0.5) is 0 Å². The summed E-state index contributed by atoms with van der Waals surface area (Å²) in [5.41, 5.74) is 5.25. The quantitative estimate of drug-likeness (QED) is 0.449. The third kappa shape index (κ3) is 3.15. The van der Waals surface area contributed by atoms with Crippen molar-refractivity contribution in [2.24, 2.45) is 5.73 Å². The van der Waals surface area contributed by atoms with E-state index in [1.54, 1.807) is 0 Å². The molecule has 0 aromatic rings. The summed E-state index contributed by atoms with van der Waals surface area (Å²) in [6.07, 6.45) is 0. The van der Waals surface area contributed by atoms with E-state index in [1.165, 1.54) is 0 Å². The minimum atomic E-state index is -1.40. The van der Waals surface area contributed by atoms with Crippen LogP contribution < -0.4 is 5.73 Å². The Balaban J connectivity index is 4.09. The largest absolute Gasteiger partial charge is 0.389 e. The maximum Gasteiger partial charge on any atom is 0.105 e. The molecule has 0 atom stereocenters. The van der Waals surface area contributed by atoms with Gasteiger partial charge in [-0.15, -0.1) is 0 Å². The summed E-state index contributed by atoms with van der Waals surface area (Å²) in [6, 6.07) is -1.40. The molecule has 2 N–H and O–H groups in total. The van der Waals surface area contributed by atoms with Crippen molar-refractivity contribution in [3.05, 3.63) is 0 Å². The van der Waals surface area contributed by atoms with Gasteiger partial charge in [-0.25, -0.2) is 0 Å². The van der Waals surface area contributed by atoms with E-state index in [9.17, 15) is 0 Å². The van der Waals surface area contributed by atoms with Gasteiger partial charge in [-0.2, -0.15) is 0 Å². The molecule has 0 aromatic heterocycles. The summed E-state index contributed by atoms with van der Waals surface area (Å²) >= 11 is 9.61. The van der Waals surface area contributed by atoms with Crippen LogP contribution in [0.5, 0.6) is 0 Å². The van der Waals surface area contributed by atoms with Crippen molar-refractivity contribution in [3.63, 3.8) is 0 Å². The first-order valence-corrected chi connectivity index (χ1v) is 5.90. The number of hydrogen-bond acceptors (Lipinski definition) is 2. The second-order valence-corrected chi connectivity index (χ2v) is 8.35. The Bertz CT molecular complexity index is 125. The second-order valence-electron chi connectivity index (χ2n) is 1.69. The molecule has 0 aliphatic rings. The van der Waals surface area contributed by atoms with Crippen molar-refractivity contribution in [1.82, 2.24) is 0 Å². The molecular formula is C3H8NPS2. The third-order valence-corrected chi connectivity index (χ3v) is 3.90. The fourth-order valence-electron chi connectivity index (χ4n) is 0. The number of thiocarbonyl (C=S) groups is 1. The Hall–Kier alpha value is 0.540. The van der Waals surface area contributed by atoms with Gasteiger partial charge in [0.25, 0.3) is 0 Å². The van der Waals surface area contributed by atoms with Crippen molar-refractivity contribution >= 4 is 34.8 Å². The first kappa shape index (κ1) is 7.54. The molecule has 0 radical (unpaired) electrons. The molecule has 0 unspecified atom stereocenters. The maximum atomic E-state index is 5.25. The minimum absolute atomic E-state index is 0.502. The molecule has 0 rings (SSSR count). The molecule has 4 heteroatoms. The molecular weight excluding hydrogens is 145 g/mol. The zero-order chi connectivity index (χ0) is 6.08. The molecule has 0 fully saturated rings. The smallest absolute Gasteiger partial charge is 0.105 e. The van der Waals surface area contributed by atoms with Gasteiger partial charge in [-0.05, 0) is 13.3 Å². The first-order chi connectivity index (χ1) is 2.94.